The summed E-state index contributed by atoms with van der Waals surface area (Å²) in [5.41, 5.74) is 3.22. The van der Waals surface area contributed by atoms with Crippen LogP contribution in [0, 0.1) is 6.92 Å². The van der Waals surface area contributed by atoms with E-state index in [4.69, 9.17) is 4.55 Å². The molecule has 6 heteroatoms. The first-order valence-corrected chi connectivity index (χ1v) is 6.92. The van der Waals surface area contributed by atoms with Gasteiger partial charge < -0.3 is 0 Å². The van der Waals surface area contributed by atoms with Crippen molar-refractivity contribution < 1.29 is 13.0 Å². The molecule has 0 aliphatic carbocycles. The number of aryl methyl sites for hydroxylation is 1. The van der Waals surface area contributed by atoms with Crippen molar-refractivity contribution >= 4 is 22.5 Å². The Bertz CT molecular complexity index is 670. The van der Waals surface area contributed by atoms with Gasteiger partial charge in [0, 0.05) is 36.0 Å². The molecule has 2 heterocycles. The van der Waals surface area contributed by atoms with Gasteiger partial charge in [-0.3, -0.25) is 14.5 Å². The lowest BCUT2D eigenvalue weighted by atomic mass is 10.2. The Morgan fingerprint density at radius 2 is 1.42 bits per heavy atom. The number of fused-ring (bicyclic) bond motifs is 1. The third kappa shape index (κ3) is 3.46. The minimum absolute atomic E-state index is 0.0666. The Labute approximate surface area is 111 Å². The lowest BCUT2D eigenvalue weighted by Crippen LogP contribution is -1.96. The molecule has 0 bridgehead atoms. The summed E-state index contributed by atoms with van der Waals surface area (Å²) in [4.78, 5) is 7.78. The summed E-state index contributed by atoms with van der Waals surface area (Å²) in [5.74, 6) is 0. The Morgan fingerprint density at radius 3 is 1.84 bits per heavy atom. The maximum Gasteiger partial charge on any atom is 0.294 e. The predicted octanol–water partition coefficient (Wildman–Crippen LogP) is 2.16. The van der Waals surface area contributed by atoms with Crippen LogP contribution in [0.15, 0.2) is 62.7 Å². The number of hydrogen-bond acceptors (Lipinski definition) is 4. The van der Waals surface area contributed by atoms with Crippen molar-refractivity contribution in [3.05, 3.63) is 53.4 Å². The summed E-state index contributed by atoms with van der Waals surface area (Å²) in [7, 11) is -4.02. The first-order valence-electron chi connectivity index (χ1n) is 5.48. The highest BCUT2D eigenvalue weighted by molar-refractivity contribution is 7.85. The number of benzene rings is 1. The van der Waals surface area contributed by atoms with Crippen molar-refractivity contribution in [3.8, 4) is 0 Å². The van der Waals surface area contributed by atoms with E-state index in [1.807, 2.05) is 31.8 Å². The molecule has 1 N–H and O–H groups in total. The first kappa shape index (κ1) is 13.4. The van der Waals surface area contributed by atoms with E-state index in [0.29, 0.717) is 0 Å². The van der Waals surface area contributed by atoms with Crippen LogP contribution in [0.25, 0.3) is 0 Å². The van der Waals surface area contributed by atoms with E-state index in [9.17, 15) is 8.42 Å². The van der Waals surface area contributed by atoms with Gasteiger partial charge in [-0.25, -0.2) is 0 Å². The lowest BCUT2D eigenvalue weighted by Gasteiger charge is -1.95. The van der Waals surface area contributed by atoms with Crippen molar-refractivity contribution in [2.45, 2.75) is 11.8 Å². The van der Waals surface area contributed by atoms with Crippen molar-refractivity contribution in [1.29, 1.82) is 0 Å². The highest BCUT2D eigenvalue weighted by Gasteiger charge is 2.07. The Balaban J connectivity index is 0.000000146. The fourth-order valence-corrected chi connectivity index (χ4v) is 1.95. The van der Waals surface area contributed by atoms with Crippen LogP contribution in [-0.2, 0) is 10.1 Å². The van der Waals surface area contributed by atoms with Gasteiger partial charge in [-0.2, -0.15) is 8.42 Å². The second kappa shape index (κ2) is 5.29. The number of nitrogens with zero attached hydrogens (tertiary/aromatic N) is 2. The molecule has 0 unspecified atom stereocenters. The maximum absolute atomic E-state index is 10.5. The molecule has 0 saturated heterocycles. The predicted molar refractivity (Wildman–Crippen MR) is 74.1 cm³/mol. The average molecular weight is 276 g/mol. The summed E-state index contributed by atoms with van der Waals surface area (Å²) >= 11 is 0. The van der Waals surface area contributed by atoms with Crippen LogP contribution in [0.2, 0.25) is 0 Å². The van der Waals surface area contributed by atoms with E-state index in [1.165, 1.54) is 12.1 Å². The molecule has 0 spiro atoms. The van der Waals surface area contributed by atoms with E-state index in [0.717, 1.165) is 16.7 Å². The number of hydrogen-bond donors (Lipinski definition) is 1. The van der Waals surface area contributed by atoms with Crippen LogP contribution in [0.5, 0.6) is 0 Å². The van der Waals surface area contributed by atoms with Crippen LogP contribution in [0.4, 0.5) is 0 Å². The zero-order valence-electron chi connectivity index (χ0n) is 10.2. The largest absolute Gasteiger partial charge is 0.294 e. The molecule has 0 fully saturated rings. The topological polar surface area (TPSA) is 79.1 Å². The second-order valence-corrected chi connectivity index (χ2v) is 5.43. The molecule has 98 valence electrons. The SMILES string of the molecule is C1=NC=C2C=NC=C12.Cc1ccc(S(=O)(=O)O)cc1. The van der Waals surface area contributed by atoms with Crippen LogP contribution < -0.4 is 0 Å². The molecule has 0 amide bonds. The van der Waals surface area contributed by atoms with Gasteiger partial charge >= 0.3 is 0 Å². The highest BCUT2D eigenvalue weighted by atomic mass is 32.2. The molecule has 19 heavy (non-hydrogen) atoms. The van der Waals surface area contributed by atoms with Gasteiger partial charge in [0.25, 0.3) is 10.1 Å². The molecule has 0 saturated carbocycles. The van der Waals surface area contributed by atoms with Gasteiger partial charge in [-0.1, -0.05) is 17.7 Å². The van der Waals surface area contributed by atoms with Gasteiger partial charge in [0.05, 0.1) is 4.90 Å². The van der Waals surface area contributed by atoms with Crippen molar-refractivity contribution in [1.82, 2.24) is 0 Å². The normalized spacial score (nSPS) is 15.5. The second-order valence-electron chi connectivity index (χ2n) is 4.01. The van der Waals surface area contributed by atoms with Crippen molar-refractivity contribution in [2.75, 3.05) is 0 Å². The quantitative estimate of drug-likeness (QED) is 0.798. The Morgan fingerprint density at radius 1 is 0.947 bits per heavy atom. The molecular formula is C13H12N2O3S. The van der Waals surface area contributed by atoms with Gasteiger partial charge in [0.1, 0.15) is 0 Å². The van der Waals surface area contributed by atoms with E-state index in [1.54, 1.807) is 12.1 Å². The molecule has 5 nitrogen and oxygen atoms in total. The fraction of sp³-hybridized carbons (Fsp3) is 0.0769. The molecule has 1 aromatic rings. The fourth-order valence-electron chi connectivity index (χ4n) is 1.47. The van der Waals surface area contributed by atoms with E-state index in [-0.39, 0.29) is 4.90 Å². The summed E-state index contributed by atoms with van der Waals surface area (Å²) in [6.07, 6.45) is 7.23. The molecule has 3 rings (SSSR count). The highest BCUT2D eigenvalue weighted by Crippen LogP contribution is 2.15. The third-order valence-electron chi connectivity index (χ3n) is 2.51. The zero-order valence-corrected chi connectivity index (χ0v) is 11.0. The smallest absolute Gasteiger partial charge is 0.282 e. The number of rotatable bonds is 1. The number of allylic oxidation sites excluding steroid dienone is 2. The monoisotopic (exact) mass is 276 g/mol. The summed E-state index contributed by atoms with van der Waals surface area (Å²) in [6.45, 7) is 1.84. The van der Waals surface area contributed by atoms with E-state index < -0.39 is 10.1 Å². The molecule has 2 aliphatic heterocycles. The molecule has 1 aromatic carbocycles. The van der Waals surface area contributed by atoms with Gasteiger partial charge in [0.2, 0.25) is 0 Å². The standard InChI is InChI=1S/C7H8O3S.C6H4N2/c1-6-2-4-7(5-3-6)11(8,9)10;1-5-2-8-4-6(5)3-7-1/h2-5H,1H3,(H,8,9,10);1-4H. The lowest BCUT2D eigenvalue weighted by molar-refractivity contribution is 0.483. The van der Waals surface area contributed by atoms with Crippen LogP contribution in [-0.4, -0.2) is 25.4 Å². The Kier molecular flexibility index (Phi) is 3.73. The molecule has 0 radical (unpaired) electrons. The van der Waals surface area contributed by atoms with E-state index >= 15 is 0 Å². The number of aliphatic imine (C=N–C) groups is 2. The summed E-state index contributed by atoms with van der Waals surface area (Å²) in [5, 5.41) is 0. The van der Waals surface area contributed by atoms with Crippen molar-refractivity contribution in [3.63, 3.8) is 0 Å². The van der Waals surface area contributed by atoms with Crippen LogP contribution in [0.1, 0.15) is 5.56 Å². The molecular weight excluding hydrogens is 264 g/mol. The summed E-state index contributed by atoms with van der Waals surface area (Å²) in [6, 6.07) is 5.99. The zero-order chi connectivity index (χ0) is 13.9. The molecule has 0 atom stereocenters. The third-order valence-corrected chi connectivity index (χ3v) is 3.37. The molecule has 0 aromatic heterocycles. The van der Waals surface area contributed by atoms with Gasteiger partial charge in [0.15, 0.2) is 0 Å². The van der Waals surface area contributed by atoms with Crippen molar-refractivity contribution in [2.24, 2.45) is 9.98 Å². The average Bonchev–Trinajstić information content (AvgIpc) is 2.91. The van der Waals surface area contributed by atoms with Gasteiger partial charge in [-0.05, 0) is 19.1 Å². The van der Waals surface area contributed by atoms with Gasteiger partial charge in [-0.15, -0.1) is 0 Å². The Hall–Kier alpha value is -2.05. The van der Waals surface area contributed by atoms with Crippen LogP contribution in [0.3, 0.4) is 0 Å². The minimum atomic E-state index is -4.02. The first-order chi connectivity index (χ1) is 8.97. The van der Waals surface area contributed by atoms with Crippen LogP contribution >= 0.6 is 0 Å². The minimum Gasteiger partial charge on any atom is -0.282 e. The van der Waals surface area contributed by atoms with E-state index in [2.05, 4.69) is 9.98 Å². The maximum atomic E-state index is 10.5. The molecule has 2 aliphatic rings. The summed E-state index contributed by atoms with van der Waals surface area (Å²) < 4.78 is 29.6.